The summed E-state index contributed by atoms with van der Waals surface area (Å²) in [6, 6.07) is 0. The highest BCUT2D eigenvalue weighted by Gasteiger charge is 2.71. The van der Waals surface area contributed by atoms with Crippen molar-refractivity contribution < 1.29 is 9.59 Å². The molecule has 0 amide bonds. The van der Waals surface area contributed by atoms with E-state index in [9.17, 15) is 9.59 Å². The van der Waals surface area contributed by atoms with Gasteiger partial charge in [-0.3, -0.25) is 9.59 Å². The largest absolute Gasteiger partial charge is 0.297 e. The molecule has 0 aromatic heterocycles. The Kier molecular flexibility index (Phi) is 13.4. The van der Waals surface area contributed by atoms with Crippen LogP contribution in [0.15, 0.2) is 0 Å². The van der Waals surface area contributed by atoms with Crippen LogP contribution in [0.5, 0.6) is 0 Å². The second-order valence-corrected chi connectivity index (χ2v) is 17.2. The van der Waals surface area contributed by atoms with Gasteiger partial charge in [0.25, 0.3) is 0 Å². The maximum atomic E-state index is 13.9. The molecule has 0 unspecified atom stereocenters. The van der Waals surface area contributed by atoms with Gasteiger partial charge in [-0.1, -0.05) is 129 Å². The van der Waals surface area contributed by atoms with Gasteiger partial charge in [0.05, 0.1) is 10.8 Å². The van der Waals surface area contributed by atoms with Crippen molar-refractivity contribution in [2.75, 3.05) is 0 Å². The molecule has 0 aliphatic heterocycles. The number of unbranched alkanes of at least 4 members (excludes halogenated alkanes) is 10. The Morgan fingerprint density at radius 3 is 1.07 bits per heavy atom. The number of hydrogen-bond donors (Lipinski definition) is 0. The second-order valence-electron chi connectivity index (χ2n) is 17.2. The van der Waals surface area contributed by atoms with E-state index in [4.69, 9.17) is 0 Å². The highest BCUT2D eigenvalue weighted by atomic mass is 16.2. The molecule has 2 spiro atoms. The molecule has 5 fully saturated rings. The molecule has 0 saturated heterocycles. The summed E-state index contributed by atoms with van der Waals surface area (Å²) in [5, 5.41) is 0. The van der Waals surface area contributed by atoms with E-state index in [2.05, 4.69) is 13.8 Å². The van der Waals surface area contributed by atoms with Crippen LogP contribution in [-0.2, 0) is 9.59 Å². The van der Waals surface area contributed by atoms with Gasteiger partial charge in [-0.05, 0) is 113 Å². The molecule has 0 aromatic rings. The van der Waals surface area contributed by atoms with Crippen LogP contribution in [0.2, 0.25) is 0 Å². The minimum absolute atomic E-state index is 0.414. The smallest absolute Gasteiger partial charge is 0.159 e. The zero-order valence-corrected chi connectivity index (χ0v) is 29.5. The average molecular weight is 609 g/mol. The van der Waals surface area contributed by atoms with Crippen molar-refractivity contribution >= 4 is 11.6 Å². The minimum atomic E-state index is -0.549. The van der Waals surface area contributed by atoms with Crippen molar-refractivity contribution in [1.82, 2.24) is 0 Å². The predicted octanol–water partition coefficient (Wildman–Crippen LogP) is 12.6. The molecule has 0 radical (unpaired) electrons. The molecule has 0 atom stereocenters. The Labute approximate surface area is 273 Å². The lowest BCUT2D eigenvalue weighted by Crippen LogP contribution is -2.68. The van der Waals surface area contributed by atoms with Crippen molar-refractivity contribution in [2.45, 2.75) is 206 Å². The fraction of sp³-hybridized carbons (Fsp3) is 0.952. The van der Waals surface area contributed by atoms with E-state index in [1.165, 1.54) is 141 Å². The van der Waals surface area contributed by atoms with Crippen LogP contribution < -0.4 is 0 Å². The topological polar surface area (TPSA) is 34.1 Å². The lowest BCUT2D eigenvalue weighted by molar-refractivity contribution is -0.179. The van der Waals surface area contributed by atoms with Crippen LogP contribution in [0.4, 0.5) is 0 Å². The van der Waals surface area contributed by atoms with Crippen molar-refractivity contribution in [3.05, 3.63) is 0 Å². The van der Waals surface area contributed by atoms with E-state index in [1.54, 1.807) is 0 Å². The molecule has 0 aromatic carbocycles. The molecule has 0 N–H and O–H groups in total. The van der Waals surface area contributed by atoms with Gasteiger partial charge < -0.3 is 0 Å². The van der Waals surface area contributed by atoms with Gasteiger partial charge in [0.15, 0.2) is 11.6 Å². The van der Waals surface area contributed by atoms with E-state index >= 15 is 0 Å². The summed E-state index contributed by atoms with van der Waals surface area (Å²) in [6.07, 6.45) is 39.4. The number of hydrogen-bond acceptors (Lipinski definition) is 2. The molecule has 5 rings (SSSR count). The van der Waals surface area contributed by atoms with Crippen molar-refractivity contribution in [1.29, 1.82) is 0 Å². The van der Waals surface area contributed by atoms with Crippen LogP contribution in [0.1, 0.15) is 206 Å². The highest BCUT2D eigenvalue weighted by molar-refractivity contribution is 6.30. The van der Waals surface area contributed by atoms with Crippen LogP contribution in [-0.4, -0.2) is 11.6 Å². The molecule has 5 aliphatic carbocycles. The number of ketones is 2. The lowest BCUT2D eigenvalue weighted by atomic mass is 9.41. The van der Waals surface area contributed by atoms with Gasteiger partial charge in [-0.25, -0.2) is 0 Å². The minimum Gasteiger partial charge on any atom is -0.297 e. The van der Waals surface area contributed by atoms with Gasteiger partial charge in [0, 0.05) is 0 Å². The van der Waals surface area contributed by atoms with Crippen molar-refractivity contribution in [3.8, 4) is 0 Å². The van der Waals surface area contributed by atoms with E-state index < -0.39 is 10.8 Å². The molecule has 44 heavy (non-hydrogen) atoms. The third kappa shape index (κ3) is 8.06. The van der Waals surface area contributed by atoms with Crippen molar-refractivity contribution in [2.24, 2.45) is 46.3 Å². The normalized spacial score (nSPS) is 37.9. The van der Waals surface area contributed by atoms with Gasteiger partial charge in [0.1, 0.15) is 0 Å². The summed E-state index contributed by atoms with van der Waals surface area (Å²) < 4.78 is 0. The number of Topliss-reactive ketones (excluding diaryl/α,β-unsaturated/α-hetero) is 2. The zero-order valence-electron chi connectivity index (χ0n) is 29.5. The quantitative estimate of drug-likeness (QED) is 0.129. The summed E-state index contributed by atoms with van der Waals surface area (Å²) in [5.74, 6) is 6.05. The van der Waals surface area contributed by atoms with Crippen molar-refractivity contribution in [3.63, 3.8) is 0 Å². The van der Waals surface area contributed by atoms with Gasteiger partial charge in [-0.2, -0.15) is 0 Å². The second kappa shape index (κ2) is 16.9. The SMILES string of the molecule is CCCCCCCCCC[C@H]1CC[C@H](C2CCC3(CC2)C(=O)C2(CCC([C@H]4CC[C@H](CCCCCC)CC4)CC2)C3=O)CC1. The number of carbonyl (C=O) groups is 2. The van der Waals surface area contributed by atoms with Gasteiger partial charge in [0.2, 0.25) is 0 Å². The maximum absolute atomic E-state index is 13.9. The standard InChI is InChI=1S/C42H72O2/c1-3-5-7-9-10-11-12-14-16-34-19-23-36(24-20-34)38-27-31-42(32-28-38)39(43)41(40(42)44)29-25-37(26-30-41)35-21-17-33(18-22-35)15-13-8-6-4-2/h33-38H,3-32H2,1-2H3/t33-,34-,35-,36-,37?,38?,41?,42?. The molecule has 0 heterocycles. The van der Waals surface area contributed by atoms with Crippen LogP contribution >= 0.6 is 0 Å². The fourth-order valence-corrected chi connectivity index (χ4v) is 11.5. The Morgan fingerprint density at radius 1 is 0.409 bits per heavy atom. The van der Waals surface area contributed by atoms with Gasteiger partial charge in [-0.15, -0.1) is 0 Å². The number of rotatable bonds is 16. The molecule has 252 valence electrons. The van der Waals surface area contributed by atoms with Gasteiger partial charge >= 0.3 is 0 Å². The monoisotopic (exact) mass is 609 g/mol. The van der Waals surface area contributed by atoms with Crippen LogP contribution in [0.3, 0.4) is 0 Å². The predicted molar refractivity (Wildman–Crippen MR) is 186 cm³/mol. The average Bonchev–Trinajstić information content (AvgIpc) is 3.08. The first kappa shape index (κ1) is 34.7. The lowest BCUT2D eigenvalue weighted by Gasteiger charge is -2.58. The summed E-state index contributed by atoms with van der Waals surface area (Å²) in [7, 11) is 0. The summed E-state index contributed by atoms with van der Waals surface area (Å²) in [4.78, 5) is 27.8. The molecule has 0 bridgehead atoms. The Bertz CT molecular complexity index is 836. The van der Waals surface area contributed by atoms with E-state index in [0.717, 1.165) is 86.9 Å². The zero-order chi connectivity index (χ0) is 30.8. The first-order valence-electron chi connectivity index (χ1n) is 20.6. The first-order chi connectivity index (χ1) is 21.5. The third-order valence-corrected chi connectivity index (χ3v) is 14.6. The first-order valence-corrected chi connectivity index (χ1v) is 20.6. The molecule has 2 nitrogen and oxygen atoms in total. The summed E-state index contributed by atoms with van der Waals surface area (Å²) >= 11 is 0. The number of carbonyl (C=O) groups excluding carboxylic acids is 2. The molecule has 5 saturated carbocycles. The fourth-order valence-electron chi connectivity index (χ4n) is 11.5. The summed E-state index contributed by atoms with van der Waals surface area (Å²) in [6.45, 7) is 4.61. The molecular weight excluding hydrogens is 536 g/mol. The molecule has 5 aliphatic rings. The third-order valence-electron chi connectivity index (χ3n) is 14.6. The highest BCUT2D eigenvalue weighted by Crippen LogP contribution is 2.63. The maximum Gasteiger partial charge on any atom is 0.159 e. The Morgan fingerprint density at radius 2 is 0.705 bits per heavy atom. The van der Waals surface area contributed by atoms with Crippen LogP contribution in [0, 0.1) is 46.3 Å². The van der Waals surface area contributed by atoms with E-state index in [-0.39, 0.29) is 0 Å². The van der Waals surface area contributed by atoms with Crippen LogP contribution in [0.25, 0.3) is 0 Å². The van der Waals surface area contributed by atoms with E-state index in [0.29, 0.717) is 11.6 Å². The molecular formula is C42H72O2. The Hall–Kier alpha value is -0.660. The Balaban J connectivity index is 0.966. The molecule has 2 heteroatoms. The van der Waals surface area contributed by atoms with E-state index in [1.807, 2.05) is 0 Å². The summed E-state index contributed by atoms with van der Waals surface area (Å²) in [5.41, 5.74) is -1.10.